The highest BCUT2D eigenvalue weighted by molar-refractivity contribution is 7.99. The molecule has 3 rings (SSSR count). The lowest BCUT2D eigenvalue weighted by molar-refractivity contribution is -0.136. The highest BCUT2D eigenvalue weighted by Crippen LogP contribution is 2.34. The first-order valence-corrected chi connectivity index (χ1v) is 10.7. The second-order valence-corrected chi connectivity index (χ2v) is 8.22. The molecule has 1 fully saturated rings. The van der Waals surface area contributed by atoms with Gasteiger partial charge in [-0.1, -0.05) is 25.3 Å². The summed E-state index contributed by atoms with van der Waals surface area (Å²) in [6, 6.07) is 5.25. The Morgan fingerprint density at radius 1 is 1.11 bits per heavy atom. The molecule has 0 aromatic heterocycles. The van der Waals surface area contributed by atoms with Crippen molar-refractivity contribution in [1.82, 2.24) is 10.2 Å². The summed E-state index contributed by atoms with van der Waals surface area (Å²) in [5, 5.41) is 2.35. The Morgan fingerprint density at radius 2 is 1.89 bits per heavy atom. The summed E-state index contributed by atoms with van der Waals surface area (Å²) in [6.07, 6.45) is 6.52. The van der Waals surface area contributed by atoms with Crippen LogP contribution in [0.5, 0.6) is 0 Å². The van der Waals surface area contributed by atoms with E-state index in [2.05, 4.69) is 11.4 Å². The van der Waals surface area contributed by atoms with Crippen LogP contribution in [0.15, 0.2) is 23.1 Å². The van der Waals surface area contributed by atoms with E-state index in [1.54, 1.807) is 16.7 Å². The third-order valence-electron chi connectivity index (χ3n) is 5.15. The van der Waals surface area contributed by atoms with Gasteiger partial charge in [0.15, 0.2) is 0 Å². The molecule has 6 nitrogen and oxygen atoms in total. The number of rotatable bonds is 9. The molecule has 1 aromatic rings. The number of piperidine rings is 1. The highest BCUT2D eigenvalue weighted by Gasteiger charge is 2.39. The number of nitrogens with one attached hydrogen (secondary N) is 1. The average molecular weight is 390 g/mol. The van der Waals surface area contributed by atoms with E-state index in [1.165, 1.54) is 19.3 Å². The van der Waals surface area contributed by atoms with Crippen molar-refractivity contribution in [3.8, 4) is 0 Å². The van der Waals surface area contributed by atoms with Gasteiger partial charge in [-0.15, -0.1) is 11.8 Å². The molecule has 2 aliphatic rings. The first-order chi connectivity index (χ1) is 13.1. The van der Waals surface area contributed by atoms with Crippen LogP contribution in [0.4, 0.5) is 0 Å². The number of benzene rings is 1. The topological polar surface area (TPSA) is 92.5 Å². The molecule has 1 atom stereocenters. The van der Waals surface area contributed by atoms with Crippen molar-refractivity contribution in [2.75, 3.05) is 12.3 Å². The predicted molar refractivity (Wildman–Crippen MR) is 105 cm³/mol. The van der Waals surface area contributed by atoms with Crippen molar-refractivity contribution in [1.29, 1.82) is 0 Å². The zero-order valence-electron chi connectivity index (χ0n) is 15.5. The fraction of sp³-hybridized carbons (Fsp3) is 0.550. The van der Waals surface area contributed by atoms with E-state index in [9.17, 15) is 14.4 Å². The van der Waals surface area contributed by atoms with Gasteiger partial charge in [0.1, 0.15) is 6.04 Å². The minimum Gasteiger partial charge on any atom is -0.330 e. The number of nitrogens with two attached hydrogens (primary N) is 1. The van der Waals surface area contributed by atoms with Gasteiger partial charge in [0, 0.05) is 23.4 Å². The molecular formula is C20H27N3O3S. The molecule has 3 N–H and O–H groups in total. The van der Waals surface area contributed by atoms with E-state index in [4.69, 9.17) is 5.73 Å². The van der Waals surface area contributed by atoms with E-state index in [0.29, 0.717) is 18.5 Å². The lowest BCUT2D eigenvalue weighted by atomic mass is 10.0. The molecule has 2 heterocycles. The van der Waals surface area contributed by atoms with Crippen LogP contribution in [-0.4, -0.2) is 41.0 Å². The standard InChI is InChI=1S/C20H27N3O3S/c21-11-4-2-1-3-5-12-27-17-8-6-7-14-15(17)13-23(20(14)26)16-9-10-18(24)22-19(16)25/h6-8,16H,1-5,9-13,21H2,(H,22,24,25). The lowest BCUT2D eigenvalue weighted by Crippen LogP contribution is -2.52. The molecule has 1 saturated heterocycles. The van der Waals surface area contributed by atoms with Gasteiger partial charge >= 0.3 is 0 Å². The van der Waals surface area contributed by atoms with Gasteiger partial charge in [-0.25, -0.2) is 0 Å². The summed E-state index contributed by atoms with van der Waals surface area (Å²) in [7, 11) is 0. The molecular weight excluding hydrogens is 362 g/mol. The van der Waals surface area contributed by atoms with Crippen molar-refractivity contribution in [3.63, 3.8) is 0 Å². The SMILES string of the molecule is NCCCCCCCSc1cccc2c1CN(C1CCC(=O)NC1=O)C2=O. The fourth-order valence-corrected chi connectivity index (χ4v) is 4.74. The van der Waals surface area contributed by atoms with Gasteiger partial charge in [-0.3, -0.25) is 19.7 Å². The average Bonchev–Trinajstić information content (AvgIpc) is 2.98. The van der Waals surface area contributed by atoms with Gasteiger partial charge in [0.25, 0.3) is 5.91 Å². The Kier molecular flexibility index (Phi) is 6.90. The summed E-state index contributed by atoms with van der Waals surface area (Å²) < 4.78 is 0. The number of hydrogen-bond donors (Lipinski definition) is 2. The zero-order chi connectivity index (χ0) is 19.2. The Hall–Kier alpha value is -1.86. The molecule has 2 aliphatic heterocycles. The molecule has 146 valence electrons. The Labute approximate surface area is 164 Å². The van der Waals surface area contributed by atoms with Crippen LogP contribution >= 0.6 is 11.8 Å². The highest BCUT2D eigenvalue weighted by atomic mass is 32.2. The van der Waals surface area contributed by atoms with E-state index in [-0.39, 0.29) is 24.1 Å². The van der Waals surface area contributed by atoms with Crippen LogP contribution in [0.2, 0.25) is 0 Å². The third kappa shape index (κ3) is 4.71. The van der Waals surface area contributed by atoms with Crippen molar-refractivity contribution >= 4 is 29.5 Å². The van der Waals surface area contributed by atoms with Gasteiger partial charge < -0.3 is 10.6 Å². The number of carbonyl (C=O) groups excluding carboxylic acids is 3. The molecule has 0 spiro atoms. The molecule has 7 heteroatoms. The molecule has 0 radical (unpaired) electrons. The van der Waals surface area contributed by atoms with Crippen LogP contribution in [0.3, 0.4) is 0 Å². The van der Waals surface area contributed by atoms with Gasteiger partial charge in [0.05, 0.1) is 0 Å². The number of hydrogen-bond acceptors (Lipinski definition) is 5. The molecule has 3 amide bonds. The Balaban J connectivity index is 1.59. The van der Waals surface area contributed by atoms with Crippen LogP contribution in [0.1, 0.15) is 60.9 Å². The normalized spacial score (nSPS) is 19.4. The number of imide groups is 1. The quantitative estimate of drug-likeness (QED) is 0.384. The fourth-order valence-electron chi connectivity index (χ4n) is 3.65. The third-order valence-corrected chi connectivity index (χ3v) is 6.33. The van der Waals surface area contributed by atoms with Crippen LogP contribution in [-0.2, 0) is 16.1 Å². The summed E-state index contributed by atoms with van der Waals surface area (Å²) in [4.78, 5) is 39.1. The van der Waals surface area contributed by atoms with E-state index in [1.807, 2.05) is 12.1 Å². The second-order valence-electron chi connectivity index (χ2n) is 7.09. The van der Waals surface area contributed by atoms with E-state index >= 15 is 0 Å². The number of fused-ring (bicyclic) bond motifs is 1. The second kappa shape index (κ2) is 9.37. The van der Waals surface area contributed by atoms with Crippen LogP contribution < -0.4 is 11.1 Å². The van der Waals surface area contributed by atoms with Crippen LogP contribution in [0.25, 0.3) is 0 Å². The summed E-state index contributed by atoms with van der Waals surface area (Å²) in [6.45, 7) is 1.21. The van der Waals surface area contributed by atoms with E-state index < -0.39 is 6.04 Å². The van der Waals surface area contributed by atoms with Crippen molar-refractivity contribution in [3.05, 3.63) is 29.3 Å². The molecule has 0 bridgehead atoms. The van der Waals surface area contributed by atoms with Gasteiger partial charge in [0.2, 0.25) is 11.8 Å². The number of carbonyl (C=O) groups is 3. The summed E-state index contributed by atoms with van der Waals surface area (Å²) in [5.41, 5.74) is 7.21. The number of nitrogens with zero attached hydrogens (tertiary/aromatic N) is 1. The monoisotopic (exact) mass is 389 g/mol. The lowest BCUT2D eigenvalue weighted by Gasteiger charge is -2.29. The largest absolute Gasteiger partial charge is 0.330 e. The molecule has 0 aliphatic carbocycles. The maximum absolute atomic E-state index is 12.8. The molecule has 27 heavy (non-hydrogen) atoms. The first-order valence-electron chi connectivity index (χ1n) is 9.71. The predicted octanol–water partition coefficient (Wildman–Crippen LogP) is 2.45. The number of unbranched alkanes of at least 4 members (excludes halogenated alkanes) is 4. The summed E-state index contributed by atoms with van der Waals surface area (Å²) in [5.74, 6) is 0.289. The van der Waals surface area contributed by atoms with E-state index in [0.717, 1.165) is 35.6 Å². The Bertz CT molecular complexity index is 722. The number of thioether (sulfide) groups is 1. The minimum atomic E-state index is -0.553. The number of amides is 3. The molecule has 1 unspecified atom stereocenters. The smallest absolute Gasteiger partial charge is 0.255 e. The molecule has 1 aromatic carbocycles. The van der Waals surface area contributed by atoms with Crippen molar-refractivity contribution in [2.24, 2.45) is 5.73 Å². The maximum atomic E-state index is 12.8. The Morgan fingerprint density at radius 3 is 2.67 bits per heavy atom. The maximum Gasteiger partial charge on any atom is 0.255 e. The van der Waals surface area contributed by atoms with Gasteiger partial charge in [-0.05, 0) is 49.3 Å². The van der Waals surface area contributed by atoms with Crippen molar-refractivity contribution < 1.29 is 14.4 Å². The van der Waals surface area contributed by atoms with Crippen LogP contribution in [0, 0.1) is 0 Å². The minimum absolute atomic E-state index is 0.108. The van der Waals surface area contributed by atoms with Gasteiger partial charge in [-0.2, -0.15) is 0 Å². The van der Waals surface area contributed by atoms with Crippen molar-refractivity contribution in [2.45, 2.75) is 62.4 Å². The summed E-state index contributed by atoms with van der Waals surface area (Å²) >= 11 is 1.78. The first kappa shape index (κ1) is 19.9. The molecule has 0 saturated carbocycles. The zero-order valence-corrected chi connectivity index (χ0v) is 16.4.